The molecule has 0 atom stereocenters. The molecule has 5 heteroatoms. The van der Waals surface area contributed by atoms with Crippen LogP contribution in [0.5, 0.6) is 0 Å². The van der Waals surface area contributed by atoms with Crippen LogP contribution in [0.1, 0.15) is 66.8 Å². The molecule has 1 amide bonds. The summed E-state index contributed by atoms with van der Waals surface area (Å²) in [7, 11) is 0. The van der Waals surface area contributed by atoms with E-state index >= 15 is 0 Å². The van der Waals surface area contributed by atoms with Crippen LogP contribution in [-0.2, 0) is 4.79 Å². The molecule has 1 saturated carbocycles. The number of rotatable bonds is 9. The molecule has 1 aliphatic heterocycles. The minimum atomic E-state index is -0.425. The van der Waals surface area contributed by atoms with Crippen molar-refractivity contribution in [3.63, 3.8) is 0 Å². The zero-order valence-corrected chi connectivity index (χ0v) is 18.0. The Balaban J connectivity index is 1.17. The number of halogens is 1. The largest absolute Gasteiger partial charge is 0.326 e. The first kappa shape index (κ1) is 21.7. The van der Waals surface area contributed by atoms with Crippen LogP contribution in [0.3, 0.4) is 0 Å². The molecule has 0 spiro atoms. The average Bonchev–Trinajstić information content (AvgIpc) is 3.63. The minimum Gasteiger partial charge on any atom is -0.326 e. The van der Waals surface area contributed by atoms with E-state index in [0.29, 0.717) is 12.3 Å². The number of hydrogen-bond donors (Lipinski definition) is 1. The van der Waals surface area contributed by atoms with Crippen molar-refractivity contribution in [1.29, 1.82) is 0 Å². The van der Waals surface area contributed by atoms with Crippen molar-refractivity contribution >= 4 is 17.4 Å². The predicted octanol–water partition coefficient (Wildman–Crippen LogP) is 5.41. The number of Topliss-reactive ketones (excluding diaryl/α,β-unsaturated/α-hetero) is 1. The van der Waals surface area contributed by atoms with Gasteiger partial charge in [0.2, 0.25) is 5.91 Å². The Kier molecular flexibility index (Phi) is 7.13. The molecule has 4 rings (SSSR count). The smallest absolute Gasteiger partial charge is 0.227 e. The van der Waals surface area contributed by atoms with Crippen LogP contribution in [0.15, 0.2) is 48.5 Å². The summed E-state index contributed by atoms with van der Waals surface area (Å²) in [5.41, 5.74) is 2.43. The maximum Gasteiger partial charge on any atom is 0.227 e. The fourth-order valence-corrected chi connectivity index (χ4v) is 4.39. The Morgan fingerprint density at radius 2 is 1.74 bits per heavy atom. The van der Waals surface area contributed by atoms with Crippen molar-refractivity contribution in [3.05, 3.63) is 65.5 Å². The van der Waals surface area contributed by atoms with Gasteiger partial charge in [-0.2, -0.15) is 0 Å². The van der Waals surface area contributed by atoms with Crippen molar-refractivity contribution in [2.24, 2.45) is 5.92 Å². The maximum atomic E-state index is 13.7. The summed E-state index contributed by atoms with van der Waals surface area (Å²) >= 11 is 0. The third kappa shape index (κ3) is 6.01. The highest BCUT2D eigenvalue weighted by molar-refractivity contribution is 5.96. The molecular weight excluding hydrogens is 391 g/mol. The molecule has 1 heterocycles. The number of carbonyl (C=O) groups excluding carboxylic acids is 2. The van der Waals surface area contributed by atoms with Gasteiger partial charge < -0.3 is 10.2 Å². The second kappa shape index (κ2) is 10.2. The van der Waals surface area contributed by atoms with Gasteiger partial charge in [-0.15, -0.1) is 0 Å². The van der Waals surface area contributed by atoms with E-state index in [1.54, 1.807) is 18.2 Å². The molecule has 0 bridgehead atoms. The van der Waals surface area contributed by atoms with Crippen molar-refractivity contribution in [1.82, 2.24) is 4.90 Å². The van der Waals surface area contributed by atoms with E-state index in [2.05, 4.69) is 22.3 Å². The highest BCUT2D eigenvalue weighted by atomic mass is 19.1. The third-order valence-corrected chi connectivity index (χ3v) is 6.46. The van der Waals surface area contributed by atoms with Gasteiger partial charge in [0.15, 0.2) is 5.78 Å². The van der Waals surface area contributed by atoms with Crippen molar-refractivity contribution in [2.45, 2.75) is 50.9 Å². The number of likely N-dealkylation sites (tertiary alicyclic amines) is 1. The Hall–Kier alpha value is -2.53. The molecule has 31 heavy (non-hydrogen) atoms. The lowest BCUT2D eigenvalue weighted by molar-refractivity contribution is -0.117. The Morgan fingerprint density at radius 1 is 0.968 bits per heavy atom. The summed E-state index contributed by atoms with van der Waals surface area (Å²) < 4.78 is 13.7. The summed E-state index contributed by atoms with van der Waals surface area (Å²) in [6.45, 7) is 3.07. The fourth-order valence-electron chi connectivity index (χ4n) is 4.39. The molecule has 2 aliphatic rings. The molecule has 0 aromatic heterocycles. The minimum absolute atomic E-state index is 0.106. The van der Waals surface area contributed by atoms with Crippen LogP contribution in [-0.4, -0.2) is 36.2 Å². The standard InChI is InChI=1S/C26H31FN2O2/c27-24-9-2-1-8-23(24)25(30)10-3-4-15-29-16-13-19(14-17-29)21-6-5-7-22(18-21)28-26(31)20-11-12-20/h1-2,5-9,18-20H,3-4,10-17H2,(H,28,31). The van der Waals surface area contributed by atoms with Gasteiger partial charge in [-0.25, -0.2) is 4.39 Å². The topological polar surface area (TPSA) is 49.4 Å². The van der Waals surface area contributed by atoms with Crippen LogP contribution in [0, 0.1) is 11.7 Å². The molecular formula is C26H31FN2O2. The number of piperidine rings is 1. The monoisotopic (exact) mass is 422 g/mol. The van der Waals surface area contributed by atoms with Crippen LogP contribution in [0.25, 0.3) is 0 Å². The molecule has 2 fully saturated rings. The van der Waals surface area contributed by atoms with E-state index < -0.39 is 5.82 Å². The van der Waals surface area contributed by atoms with Crippen LogP contribution < -0.4 is 5.32 Å². The number of unbranched alkanes of at least 4 members (excludes halogenated alkanes) is 1. The summed E-state index contributed by atoms with van der Waals surface area (Å²) in [6.07, 6.45) is 6.38. The van der Waals surface area contributed by atoms with Crippen molar-refractivity contribution in [3.8, 4) is 0 Å². The van der Waals surface area contributed by atoms with Gasteiger partial charge in [0.1, 0.15) is 5.82 Å². The van der Waals surface area contributed by atoms with E-state index in [1.165, 1.54) is 11.6 Å². The van der Waals surface area contributed by atoms with E-state index in [1.807, 2.05) is 12.1 Å². The number of ketones is 1. The molecule has 1 saturated heterocycles. The van der Waals surface area contributed by atoms with Gasteiger partial charge in [0.25, 0.3) is 0 Å². The van der Waals surface area contributed by atoms with Crippen LogP contribution in [0.4, 0.5) is 10.1 Å². The van der Waals surface area contributed by atoms with Gasteiger partial charge in [-0.05, 0) is 93.9 Å². The van der Waals surface area contributed by atoms with Gasteiger partial charge >= 0.3 is 0 Å². The van der Waals surface area contributed by atoms with E-state index in [0.717, 1.165) is 63.8 Å². The normalized spacial score (nSPS) is 17.5. The Morgan fingerprint density at radius 3 is 2.48 bits per heavy atom. The highest BCUT2D eigenvalue weighted by Crippen LogP contribution is 2.32. The van der Waals surface area contributed by atoms with Crippen LogP contribution in [0.2, 0.25) is 0 Å². The SMILES string of the molecule is O=C(CCCCN1CCC(c2cccc(NC(=O)C3CC3)c2)CC1)c1ccccc1F. The molecule has 1 aliphatic carbocycles. The van der Waals surface area contributed by atoms with E-state index in [9.17, 15) is 14.0 Å². The lowest BCUT2D eigenvalue weighted by Crippen LogP contribution is -2.33. The van der Waals surface area contributed by atoms with Gasteiger partial charge in [0.05, 0.1) is 5.56 Å². The first-order chi connectivity index (χ1) is 15.1. The fraction of sp³-hybridized carbons (Fsp3) is 0.462. The predicted molar refractivity (Wildman–Crippen MR) is 121 cm³/mol. The molecule has 0 radical (unpaired) electrons. The first-order valence-corrected chi connectivity index (χ1v) is 11.5. The van der Waals surface area contributed by atoms with E-state index in [-0.39, 0.29) is 23.2 Å². The van der Waals surface area contributed by atoms with Crippen molar-refractivity contribution < 1.29 is 14.0 Å². The zero-order chi connectivity index (χ0) is 21.6. The summed E-state index contributed by atoms with van der Waals surface area (Å²) in [6, 6.07) is 14.5. The van der Waals surface area contributed by atoms with Gasteiger partial charge in [0, 0.05) is 18.0 Å². The average molecular weight is 423 g/mol. The molecule has 0 unspecified atom stereocenters. The number of carbonyl (C=O) groups is 2. The molecule has 2 aromatic carbocycles. The zero-order valence-electron chi connectivity index (χ0n) is 18.0. The van der Waals surface area contributed by atoms with Crippen LogP contribution >= 0.6 is 0 Å². The number of nitrogens with zero attached hydrogens (tertiary/aromatic N) is 1. The molecule has 164 valence electrons. The Bertz CT molecular complexity index is 917. The second-order valence-corrected chi connectivity index (χ2v) is 8.87. The quantitative estimate of drug-likeness (QED) is 0.434. The maximum absolute atomic E-state index is 13.7. The van der Waals surface area contributed by atoms with Crippen molar-refractivity contribution in [2.75, 3.05) is 25.0 Å². The highest BCUT2D eigenvalue weighted by Gasteiger charge is 2.29. The number of amides is 1. The number of anilines is 1. The third-order valence-electron chi connectivity index (χ3n) is 6.46. The number of hydrogen-bond acceptors (Lipinski definition) is 3. The van der Waals surface area contributed by atoms with E-state index in [4.69, 9.17) is 0 Å². The number of nitrogens with one attached hydrogen (secondary N) is 1. The summed E-state index contributed by atoms with van der Waals surface area (Å²) in [4.78, 5) is 26.6. The summed E-state index contributed by atoms with van der Waals surface area (Å²) in [5.74, 6) is 0.363. The molecule has 4 nitrogen and oxygen atoms in total. The summed E-state index contributed by atoms with van der Waals surface area (Å²) in [5, 5.41) is 3.05. The lowest BCUT2D eigenvalue weighted by atomic mass is 9.89. The number of benzene rings is 2. The van der Waals surface area contributed by atoms with Gasteiger partial charge in [-0.1, -0.05) is 24.3 Å². The van der Waals surface area contributed by atoms with Gasteiger partial charge in [-0.3, -0.25) is 9.59 Å². The first-order valence-electron chi connectivity index (χ1n) is 11.5. The second-order valence-electron chi connectivity index (χ2n) is 8.87. The lowest BCUT2D eigenvalue weighted by Gasteiger charge is -2.32. The Labute approximate surface area is 183 Å². The molecule has 1 N–H and O–H groups in total. The molecule has 2 aromatic rings.